The van der Waals surface area contributed by atoms with Crippen molar-refractivity contribution in [2.24, 2.45) is 5.92 Å². The lowest BCUT2D eigenvalue weighted by atomic mass is 9.96. The maximum absolute atomic E-state index is 10.0. The van der Waals surface area contributed by atoms with Crippen LogP contribution >= 0.6 is 0 Å². The van der Waals surface area contributed by atoms with Crippen molar-refractivity contribution in [2.75, 3.05) is 6.61 Å². The highest BCUT2D eigenvalue weighted by Crippen LogP contribution is 2.24. The van der Waals surface area contributed by atoms with Crippen molar-refractivity contribution in [1.29, 1.82) is 0 Å². The monoisotopic (exact) mass is 207 g/mol. The molecule has 15 heavy (non-hydrogen) atoms. The minimum Gasteiger partial charge on any atom is -0.390 e. The van der Waals surface area contributed by atoms with Crippen LogP contribution in [0.2, 0.25) is 0 Å². The molecule has 1 N–H and O–H groups in total. The van der Waals surface area contributed by atoms with E-state index < -0.39 is 6.10 Å². The van der Waals surface area contributed by atoms with Gasteiger partial charge in [-0.15, -0.1) is 0 Å². The molecule has 0 spiro atoms. The third-order valence-corrected chi connectivity index (χ3v) is 2.99. The standard InChI is InChI=1S/C12H17NO2/c1-9-4-6-15-12(9)11(14)7-10-3-2-5-13-8-10/h2-3,5,8-9,11-12,14H,4,6-7H2,1H3. The Balaban J connectivity index is 1.94. The number of ether oxygens (including phenoxy) is 1. The van der Waals surface area contributed by atoms with Crippen LogP contribution in [0.15, 0.2) is 24.5 Å². The molecule has 1 aromatic heterocycles. The summed E-state index contributed by atoms with van der Waals surface area (Å²) in [5.41, 5.74) is 1.06. The number of aliphatic hydroxyl groups is 1. The predicted molar refractivity (Wildman–Crippen MR) is 57.5 cm³/mol. The first-order chi connectivity index (χ1) is 7.27. The van der Waals surface area contributed by atoms with E-state index in [0.717, 1.165) is 18.6 Å². The lowest BCUT2D eigenvalue weighted by Crippen LogP contribution is -2.31. The molecule has 3 atom stereocenters. The highest BCUT2D eigenvalue weighted by molar-refractivity contribution is 5.10. The van der Waals surface area contributed by atoms with E-state index in [0.29, 0.717) is 12.3 Å². The Kier molecular flexibility index (Phi) is 3.34. The van der Waals surface area contributed by atoms with E-state index >= 15 is 0 Å². The summed E-state index contributed by atoms with van der Waals surface area (Å²) in [6, 6.07) is 3.87. The summed E-state index contributed by atoms with van der Waals surface area (Å²) >= 11 is 0. The van der Waals surface area contributed by atoms with Crippen molar-refractivity contribution in [3.8, 4) is 0 Å². The highest BCUT2D eigenvalue weighted by Gasteiger charge is 2.30. The van der Waals surface area contributed by atoms with E-state index in [2.05, 4.69) is 11.9 Å². The van der Waals surface area contributed by atoms with Gasteiger partial charge < -0.3 is 9.84 Å². The van der Waals surface area contributed by atoms with E-state index in [4.69, 9.17) is 4.74 Å². The zero-order valence-electron chi connectivity index (χ0n) is 8.97. The molecule has 2 rings (SSSR count). The van der Waals surface area contributed by atoms with Crippen molar-refractivity contribution < 1.29 is 9.84 Å². The third kappa shape index (κ3) is 2.55. The minimum absolute atomic E-state index is 0.00907. The van der Waals surface area contributed by atoms with Crippen LogP contribution in [0.4, 0.5) is 0 Å². The Bertz CT molecular complexity index is 302. The quantitative estimate of drug-likeness (QED) is 0.815. The fourth-order valence-electron chi connectivity index (χ4n) is 2.09. The number of hydrogen-bond donors (Lipinski definition) is 1. The van der Waals surface area contributed by atoms with Gasteiger partial charge in [-0.25, -0.2) is 0 Å². The van der Waals surface area contributed by atoms with Gasteiger partial charge in [0.15, 0.2) is 0 Å². The first kappa shape index (κ1) is 10.6. The number of hydrogen-bond acceptors (Lipinski definition) is 3. The maximum Gasteiger partial charge on any atom is 0.0863 e. The second kappa shape index (κ2) is 4.73. The summed E-state index contributed by atoms with van der Waals surface area (Å²) in [7, 11) is 0. The van der Waals surface area contributed by atoms with Gasteiger partial charge in [0.25, 0.3) is 0 Å². The fourth-order valence-corrected chi connectivity index (χ4v) is 2.09. The first-order valence-electron chi connectivity index (χ1n) is 5.46. The van der Waals surface area contributed by atoms with E-state index in [1.54, 1.807) is 12.4 Å². The highest BCUT2D eigenvalue weighted by atomic mass is 16.5. The minimum atomic E-state index is -0.410. The van der Waals surface area contributed by atoms with Crippen molar-refractivity contribution in [3.63, 3.8) is 0 Å². The van der Waals surface area contributed by atoms with Crippen LogP contribution in [-0.4, -0.2) is 28.9 Å². The predicted octanol–water partition coefficient (Wildman–Crippen LogP) is 1.41. The zero-order valence-corrected chi connectivity index (χ0v) is 8.97. The maximum atomic E-state index is 10.0. The molecule has 1 aromatic rings. The van der Waals surface area contributed by atoms with Gasteiger partial charge in [0.1, 0.15) is 0 Å². The average molecular weight is 207 g/mol. The van der Waals surface area contributed by atoms with Gasteiger partial charge in [0.2, 0.25) is 0 Å². The second-order valence-electron chi connectivity index (χ2n) is 4.23. The molecule has 0 bridgehead atoms. The summed E-state index contributed by atoms with van der Waals surface area (Å²) in [5.74, 6) is 0.455. The number of nitrogens with zero attached hydrogens (tertiary/aromatic N) is 1. The zero-order chi connectivity index (χ0) is 10.7. The van der Waals surface area contributed by atoms with Crippen LogP contribution in [0.3, 0.4) is 0 Å². The second-order valence-corrected chi connectivity index (χ2v) is 4.23. The Morgan fingerprint density at radius 3 is 3.13 bits per heavy atom. The molecule has 2 heterocycles. The van der Waals surface area contributed by atoms with E-state index in [1.165, 1.54) is 0 Å². The van der Waals surface area contributed by atoms with Crippen LogP contribution in [-0.2, 0) is 11.2 Å². The molecule has 0 amide bonds. The molecule has 1 fully saturated rings. The van der Waals surface area contributed by atoms with Crippen LogP contribution in [0, 0.1) is 5.92 Å². The van der Waals surface area contributed by atoms with Crippen LogP contribution in [0.25, 0.3) is 0 Å². The summed E-state index contributed by atoms with van der Waals surface area (Å²) in [5, 5.41) is 10.0. The van der Waals surface area contributed by atoms with Gasteiger partial charge in [-0.3, -0.25) is 4.98 Å². The molecule has 82 valence electrons. The Labute approximate surface area is 90.1 Å². The van der Waals surface area contributed by atoms with Crippen LogP contribution in [0.5, 0.6) is 0 Å². The first-order valence-corrected chi connectivity index (χ1v) is 5.46. The largest absolute Gasteiger partial charge is 0.390 e. The lowest BCUT2D eigenvalue weighted by Gasteiger charge is -2.21. The van der Waals surface area contributed by atoms with Gasteiger partial charge in [-0.2, -0.15) is 0 Å². The van der Waals surface area contributed by atoms with Crippen molar-refractivity contribution >= 4 is 0 Å². The van der Waals surface area contributed by atoms with Gasteiger partial charge >= 0.3 is 0 Å². The number of pyridine rings is 1. The van der Waals surface area contributed by atoms with Gasteiger partial charge in [-0.05, 0) is 24.0 Å². The molecule has 3 heteroatoms. The van der Waals surface area contributed by atoms with Gasteiger partial charge in [-0.1, -0.05) is 13.0 Å². The Hall–Kier alpha value is -0.930. The fraction of sp³-hybridized carbons (Fsp3) is 0.583. The SMILES string of the molecule is CC1CCOC1C(O)Cc1cccnc1. The molecule has 1 aliphatic heterocycles. The molecule has 3 nitrogen and oxygen atoms in total. The van der Waals surface area contributed by atoms with E-state index in [9.17, 15) is 5.11 Å². The van der Waals surface area contributed by atoms with Gasteiger partial charge in [0.05, 0.1) is 12.2 Å². The molecule has 0 radical (unpaired) electrons. The summed E-state index contributed by atoms with van der Waals surface area (Å²) in [4.78, 5) is 4.03. The molecule has 0 aliphatic carbocycles. The molecular weight excluding hydrogens is 190 g/mol. The number of aliphatic hydroxyl groups excluding tert-OH is 1. The smallest absolute Gasteiger partial charge is 0.0863 e. The Morgan fingerprint density at radius 2 is 2.53 bits per heavy atom. The van der Waals surface area contributed by atoms with Crippen LogP contribution < -0.4 is 0 Å². The van der Waals surface area contributed by atoms with Crippen LogP contribution in [0.1, 0.15) is 18.9 Å². The van der Waals surface area contributed by atoms with Crippen molar-refractivity contribution in [1.82, 2.24) is 4.98 Å². The lowest BCUT2D eigenvalue weighted by molar-refractivity contribution is -0.0157. The average Bonchev–Trinajstić information content (AvgIpc) is 2.66. The van der Waals surface area contributed by atoms with Crippen molar-refractivity contribution in [3.05, 3.63) is 30.1 Å². The summed E-state index contributed by atoms with van der Waals surface area (Å²) in [6.07, 6.45) is 4.79. The molecule has 1 aliphatic rings. The van der Waals surface area contributed by atoms with E-state index in [-0.39, 0.29) is 6.10 Å². The molecule has 1 saturated heterocycles. The molecular formula is C12H17NO2. The Morgan fingerprint density at radius 1 is 1.67 bits per heavy atom. The normalized spacial score (nSPS) is 27.9. The summed E-state index contributed by atoms with van der Waals surface area (Å²) in [6.45, 7) is 2.90. The van der Waals surface area contributed by atoms with E-state index in [1.807, 2.05) is 12.1 Å². The van der Waals surface area contributed by atoms with Gasteiger partial charge in [0, 0.05) is 25.4 Å². The van der Waals surface area contributed by atoms with Crippen molar-refractivity contribution in [2.45, 2.75) is 32.0 Å². The topological polar surface area (TPSA) is 42.4 Å². The number of rotatable bonds is 3. The molecule has 3 unspecified atom stereocenters. The molecule has 0 aromatic carbocycles. The summed E-state index contributed by atoms with van der Waals surface area (Å²) < 4.78 is 5.53. The molecule has 0 saturated carbocycles. The number of aromatic nitrogens is 1. The third-order valence-electron chi connectivity index (χ3n) is 2.99.